The number of amides is 1. The van der Waals surface area contributed by atoms with Crippen molar-refractivity contribution in [2.75, 3.05) is 11.9 Å². The molecule has 0 aromatic heterocycles. The van der Waals surface area contributed by atoms with Crippen LogP contribution in [-0.2, 0) is 21.2 Å². The van der Waals surface area contributed by atoms with Crippen LogP contribution in [0.25, 0.3) is 0 Å². The first-order valence-electron chi connectivity index (χ1n) is 8.54. The van der Waals surface area contributed by atoms with Gasteiger partial charge in [0.1, 0.15) is 5.75 Å². The number of rotatable bonds is 8. The van der Waals surface area contributed by atoms with E-state index in [0.29, 0.717) is 5.69 Å². The second-order valence-electron chi connectivity index (χ2n) is 6.26. The highest BCUT2D eigenvalue weighted by Gasteiger charge is 2.17. The fourth-order valence-electron chi connectivity index (χ4n) is 2.31. The van der Waals surface area contributed by atoms with E-state index in [2.05, 4.69) is 17.0 Å². The molecule has 27 heavy (non-hydrogen) atoms. The Hall–Kier alpha value is -2.09. The Morgan fingerprint density at radius 2 is 1.81 bits per heavy atom. The van der Waals surface area contributed by atoms with Gasteiger partial charge < -0.3 is 10.1 Å². The quantitative estimate of drug-likeness (QED) is 0.696. The van der Waals surface area contributed by atoms with E-state index >= 15 is 0 Å². The number of anilines is 1. The zero-order chi connectivity index (χ0) is 20.0. The summed E-state index contributed by atoms with van der Waals surface area (Å²) < 4.78 is 32.2. The maximum atomic E-state index is 12.1. The van der Waals surface area contributed by atoms with Crippen molar-refractivity contribution in [2.45, 2.75) is 38.1 Å². The Kier molecular flexibility index (Phi) is 7.24. The van der Waals surface area contributed by atoms with Crippen molar-refractivity contribution in [1.29, 1.82) is 0 Å². The Balaban J connectivity index is 1.98. The van der Waals surface area contributed by atoms with Crippen LogP contribution in [0.1, 0.15) is 26.3 Å². The minimum atomic E-state index is -3.65. The first-order chi connectivity index (χ1) is 12.7. The van der Waals surface area contributed by atoms with E-state index in [1.54, 1.807) is 13.8 Å². The number of hydrogen-bond donors (Lipinski definition) is 2. The Morgan fingerprint density at radius 3 is 2.37 bits per heavy atom. The summed E-state index contributed by atoms with van der Waals surface area (Å²) in [5.74, 6) is -0.106. The fourth-order valence-corrected chi connectivity index (χ4v) is 3.88. The van der Waals surface area contributed by atoms with Crippen molar-refractivity contribution < 1.29 is 17.9 Å². The van der Waals surface area contributed by atoms with Crippen LogP contribution in [0, 0.1) is 0 Å². The number of ether oxygens (including phenoxy) is 1. The lowest BCUT2D eigenvalue weighted by Gasteiger charge is -2.12. The molecule has 0 saturated carbocycles. The maximum Gasteiger partial charge on any atom is 0.262 e. The molecule has 8 heteroatoms. The zero-order valence-corrected chi connectivity index (χ0v) is 17.0. The molecule has 0 heterocycles. The fraction of sp³-hybridized carbons (Fsp3) is 0.316. The summed E-state index contributed by atoms with van der Waals surface area (Å²) in [6, 6.07) is 11.4. The first-order valence-corrected chi connectivity index (χ1v) is 10.4. The van der Waals surface area contributed by atoms with E-state index in [4.69, 9.17) is 16.3 Å². The SMILES string of the molecule is CCc1ccc(NC(=O)COc2ccc(S(=O)(=O)NC(C)C)cc2Cl)cc1. The van der Waals surface area contributed by atoms with E-state index in [9.17, 15) is 13.2 Å². The van der Waals surface area contributed by atoms with Crippen molar-refractivity contribution in [2.24, 2.45) is 0 Å². The van der Waals surface area contributed by atoms with Crippen LogP contribution < -0.4 is 14.8 Å². The number of nitrogens with one attached hydrogen (secondary N) is 2. The molecule has 0 aliphatic carbocycles. The molecule has 0 saturated heterocycles. The number of aryl methyl sites for hydroxylation is 1. The third-order valence-electron chi connectivity index (χ3n) is 3.61. The summed E-state index contributed by atoms with van der Waals surface area (Å²) in [7, 11) is -3.65. The molecule has 0 aliphatic rings. The molecule has 0 atom stereocenters. The summed E-state index contributed by atoms with van der Waals surface area (Å²) in [4.78, 5) is 12.1. The van der Waals surface area contributed by atoms with Crippen LogP contribution in [0.5, 0.6) is 5.75 Å². The highest BCUT2D eigenvalue weighted by Crippen LogP contribution is 2.27. The largest absolute Gasteiger partial charge is 0.482 e. The van der Waals surface area contributed by atoms with Gasteiger partial charge in [-0.3, -0.25) is 4.79 Å². The predicted octanol–water partition coefficient (Wildman–Crippen LogP) is 3.61. The molecule has 0 unspecified atom stereocenters. The minimum Gasteiger partial charge on any atom is -0.482 e. The van der Waals surface area contributed by atoms with Crippen LogP contribution in [0.15, 0.2) is 47.4 Å². The van der Waals surface area contributed by atoms with E-state index in [0.717, 1.165) is 6.42 Å². The van der Waals surface area contributed by atoms with Gasteiger partial charge in [0, 0.05) is 11.7 Å². The maximum absolute atomic E-state index is 12.1. The predicted molar refractivity (Wildman–Crippen MR) is 107 cm³/mol. The summed E-state index contributed by atoms with van der Waals surface area (Å²) in [6.07, 6.45) is 0.925. The summed E-state index contributed by atoms with van der Waals surface area (Å²) in [6.45, 7) is 5.27. The molecule has 0 fully saturated rings. The zero-order valence-electron chi connectivity index (χ0n) is 15.5. The molecule has 2 N–H and O–H groups in total. The first kappa shape index (κ1) is 21.2. The second kappa shape index (κ2) is 9.21. The van der Waals surface area contributed by atoms with E-state index in [1.807, 2.05) is 24.3 Å². The van der Waals surface area contributed by atoms with Crippen molar-refractivity contribution in [1.82, 2.24) is 4.72 Å². The van der Waals surface area contributed by atoms with Gasteiger partial charge in [-0.2, -0.15) is 0 Å². The molecular formula is C19H23ClN2O4S. The van der Waals surface area contributed by atoms with Crippen LogP contribution in [-0.4, -0.2) is 27.0 Å². The van der Waals surface area contributed by atoms with Gasteiger partial charge in [-0.25, -0.2) is 13.1 Å². The Labute approximate surface area is 164 Å². The van der Waals surface area contributed by atoms with Gasteiger partial charge in [0.2, 0.25) is 10.0 Å². The molecule has 2 aromatic carbocycles. The van der Waals surface area contributed by atoms with Gasteiger partial charge in [-0.15, -0.1) is 0 Å². The molecule has 1 amide bonds. The van der Waals surface area contributed by atoms with Gasteiger partial charge in [0.25, 0.3) is 5.91 Å². The van der Waals surface area contributed by atoms with E-state index < -0.39 is 10.0 Å². The molecular weight excluding hydrogens is 388 g/mol. The molecule has 6 nitrogen and oxygen atoms in total. The third kappa shape index (κ3) is 6.23. The third-order valence-corrected chi connectivity index (χ3v) is 5.56. The smallest absolute Gasteiger partial charge is 0.262 e. The van der Waals surface area contributed by atoms with Crippen molar-refractivity contribution in [3.63, 3.8) is 0 Å². The summed E-state index contributed by atoms with van der Waals surface area (Å²) in [5, 5.41) is 2.84. The number of halogens is 1. The highest BCUT2D eigenvalue weighted by atomic mass is 35.5. The molecule has 2 rings (SSSR count). The van der Waals surface area contributed by atoms with Crippen molar-refractivity contribution in [3.8, 4) is 5.75 Å². The standard InChI is InChI=1S/C19H23ClN2O4S/c1-4-14-5-7-15(8-6-14)21-19(23)12-26-18-10-9-16(11-17(18)20)27(24,25)22-13(2)3/h5-11,13,22H,4,12H2,1-3H3,(H,21,23). The minimum absolute atomic E-state index is 0.0361. The topological polar surface area (TPSA) is 84.5 Å². The monoisotopic (exact) mass is 410 g/mol. The van der Waals surface area contributed by atoms with Crippen molar-refractivity contribution >= 4 is 33.2 Å². The van der Waals surface area contributed by atoms with E-state index in [-0.39, 0.29) is 34.2 Å². The molecule has 0 radical (unpaired) electrons. The average Bonchev–Trinajstić information content (AvgIpc) is 2.60. The van der Waals surface area contributed by atoms with Crippen LogP contribution in [0.4, 0.5) is 5.69 Å². The molecule has 0 spiro atoms. The number of sulfonamides is 1. The Bertz CT molecular complexity index is 896. The number of carbonyl (C=O) groups excluding carboxylic acids is 1. The van der Waals surface area contributed by atoms with Crippen LogP contribution in [0.3, 0.4) is 0 Å². The van der Waals surface area contributed by atoms with Gasteiger partial charge in [0.05, 0.1) is 9.92 Å². The van der Waals surface area contributed by atoms with Crippen LogP contribution >= 0.6 is 11.6 Å². The second-order valence-corrected chi connectivity index (χ2v) is 8.38. The van der Waals surface area contributed by atoms with Gasteiger partial charge in [-0.1, -0.05) is 30.7 Å². The van der Waals surface area contributed by atoms with Crippen molar-refractivity contribution in [3.05, 3.63) is 53.1 Å². The lowest BCUT2D eigenvalue weighted by molar-refractivity contribution is -0.118. The van der Waals surface area contributed by atoms with Gasteiger partial charge in [0.15, 0.2) is 6.61 Å². The molecule has 2 aromatic rings. The summed E-state index contributed by atoms with van der Waals surface area (Å²) in [5.41, 5.74) is 1.85. The average molecular weight is 411 g/mol. The summed E-state index contributed by atoms with van der Waals surface area (Å²) >= 11 is 6.10. The lowest BCUT2D eigenvalue weighted by atomic mass is 10.1. The number of carbonyl (C=O) groups is 1. The molecule has 0 bridgehead atoms. The lowest BCUT2D eigenvalue weighted by Crippen LogP contribution is -2.30. The number of benzene rings is 2. The Morgan fingerprint density at radius 1 is 1.15 bits per heavy atom. The molecule has 0 aliphatic heterocycles. The molecule has 146 valence electrons. The van der Waals surface area contributed by atoms with Crippen LogP contribution in [0.2, 0.25) is 5.02 Å². The highest BCUT2D eigenvalue weighted by molar-refractivity contribution is 7.89. The number of hydrogen-bond acceptors (Lipinski definition) is 4. The van der Waals surface area contributed by atoms with Gasteiger partial charge >= 0.3 is 0 Å². The normalized spacial score (nSPS) is 11.4. The van der Waals surface area contributed by atoms with Gasteiger partial charge in [-0.05, 0) is 56.2 Å². The van der Waals surface area contributed by atoms with E-state index in [1.165, 1.54) is 23.8 Å².